The van der Waals surface area contributed by atoms with E-state index in [9.17, 15) is 14.5 Å². The average Bonchev–Trinajstić information content (AvgIpc) is 3.33. The van der Waals surface area contributed by atoms with Crippen molar-refractivity contribution in [2.45, 2.75) is 116 Å². The number of carbonyl (C=O) groups is 1. The standard InChI is InChI=1S/C28H49N2O6P/c1-2-3-4-5-6-7-8-9-10-11-12-13-17-20-27(32)35-28(36-37(33)29-21-22-30-37)26(23-31)34-24-25-18-15-14-16-19-25/h14-16,18-19,26,28,31H,2-13,17,20-24H2,1H3,(H2,29,30,33). The van der Waals surface area contributed by atoms with Gasteiger partial charge in [-0.3, -0.25) is 13.9 Å². The molecule has 0 aliphatic carbocycles. The van der Waals surface area contributed by atoms with E-state index in [4.69, 9.17) is 14.0 Å². The number of nitrogens with one attached hydrogen (secondary N) is 2. The molecule has 1 saturated heterocycles. The van der Waals surface area contributed by atoms with Gasteiger partial charge in [0.2, 0.25) is 6.29 Å². The van der Waals surface area contributed by atoms with Crippen molar-refractivity contribution in [1.82, 2.24) is 10.2 Å². The second-order valence-electron chi connectivity index (χ2n) is 9.84. The molecule has 2 unspecified atom stereocenters. The van der Waals surface area contributed by atoms with Crippen LogP contribution in [-0.4, -0.2) is 43.2 Å². The Kier molecular flexibility index (Phi) is 17.0. The summed E-state index contributed by atoms with van der Waals surface area (Å²) in [5.41, 5.74) is 0.904. The Balaban J connectivity index is 1.66. The van der Waals surface area contributed by atoms with E-state index in [0.717, 1.165) is 24.8 Å². The second kappa shape index (κ2) is 19.7. The van der Waals surface area contributed by atoms with Crippen molar-refractivity contribution in [2.24, 2.45) is 0 Å². The number of benzene rings is 1. The normalized spacial score (nSPS) is 16.5. The first-order valence-corrected chi connectivity index (χ1v) is 15.9. The summed E-state index contributed by atoms with van der Waals surface area (Å²) in [6.45, 7) is 2.97. The molecule has 1 aromatic carbocycles. The number of ether oxygens (including phenoxy) is 2. The van der Waals surface area contributed by atoms with Gasteiger partial charge in [-0.2, -0.15) is 0 Å². The predicted molar refractivity (Wildman–Crippen MR) is 147 cm³/mol. The number of hydrogen-bond acceptors (Lipinski definition) is 6. The first-order valence-electron chi connectivity index (χ1n) is 14.3. The lowest BCUT2D eigenvalue weighted by Gasteiger charge is -2.28. The Morgan fingerprint density at radius 3 is 1.97 bits per heavy atom. The molecule has 9 heteroatoms. The van der Waals surface area contributed by atoms with Crippen LogP contribution >= 0.6 is 7.67 Å². The molecule has 2 atom stereocenters. The molecule has 0 saturated carbocycles. The zero-order valence-corrected chi connectivity index (χ0v) is 23.6. The van der Waals surface area contributed by atoms with Crippen LogP contribution in [0.2, 0.25) is 0 Å². The van der Waals surface area contributed by atoms with Crippen molar-refractivity contribution in [3.05, 3.63) is 35.9 Å². The highest BCUT2D eigenvalue weighted by molar-refractivity contribution is 7.55. The zero-order chi connectivity index (χ0) is 26.6. The van der Waals surface area contributed by atoms with Crippen molar-refractivity contribution >= 4 is 13.6 Å². The van der Waals surface area contributed by atoms with Gasteiger partial charge in [-0.15, -0.1) is 0 Å². The molecule has 37 heavy (non-hydrogen) atoms. The van der Waals surface area contributed by atoms with Crippen LogP contribution < -0.4 is 10.2 Å². The molecular weight excluding hydrogens is 491 g/mol. The van der Waals surface area contributed by atoms with Gasteiger partial charge in [0.1, 0.15) is 6.10 Å². The van der Waals surface area contributed by atoms with Gasteiger partial charge < -0.3 is 14.6 Å². The Morgan fingerprint density at radius 2 is 1.43 bits per heavy atom. The highest BCUT2D eigenvalue weighted by Crippen LogP contribution is 2.42. The smallest absolute Gasteiger partial charge is 0.344 e. The molecule has 0 bridgehead atoms. The van der Waals surface area contributed by atoms with Crippen LogP contribution in [0, 0.1) is 0 Å². The number of carbonyl (C=O) groups excluding carboxylic acids is 1. The van der Waals surface area contributed by atoms with E-state index in [2.05, 4.69) is 17.1 Å². The number of rotatable bonds is 22. The van der Waals surface area contributed by atoms with E-state index in [1.807, 2.05) is 30.3 Å². The molecule has 8 nitrogen and oxygen atoms in total. The first-order chi connectivity index (χ1) is 18.1. The minimum Gasteiger partial charge on any atom is -0.432 e. The maximum atomic E-state index is 12.8. The lowest BCUT2D eigenvalue weighted by Crippen LogP contribution is -2.39. The molecular formula is C28H49N2O6P. The maximum Gasteiger partial charge on any atom is 0.344 e. The fourth-order valence-electron chi connectivity index (χ4n) is 4.32. The van der Waals surface area contributed by atoms with Crippen LogP contribution in [0.1, 0.15) is 102 Å². The third kappa shape index (κ3) is 14.4. The van der Waals surface area contributed by atoms with E-state index < -0.39 is 32.6 Å². The lowest BCUT2D eigenvalue weighted by atomic mass is 10.0. The molecule has 1 aliphatic rings. The van der Waals surface area contributed by atoms with Crippen LogP contribution in [0.25, 0.3) is 0 Å². The highest BCUT2D eigenvalue weighted by Gasteiger charge is 2.37. The molecule has 2 rings (SSSR count). The summed E-state index contributed by atoms with van der Waals surface area (Å²) >= 11 is 0. The topological polar surface area (TPSA) is 106 Å². The fraction of sp³-hybridized carbons (Fsp3) is 0.750. The van der Waals surface area contributed by atoms with Crippen molar-refractivity contribution < 1.29 is 28.5 Å². The first kappa shape index (κ1) is 31.9. The van der Waals surface area contributed by atoms with Gasteiger partial charge in [0, 0.05) is 19.5 Å². The van der Waals surface area contributed by atoms with Gasteiger partial charge in [0.25, 0.3) is 0 Å². The summed E-state index contributed by atoms with van der Waals surface area (Å²) in [6, 6.07) is 9.47. The molecule has 0 amide bonds. The van der Waals surface area contributed by atoms with E-state index in [-0.39, 0.29) is 13.0 Å². The van der Waals surface area contributed by atoms with Gasteiger partial charge in [-0.25, -0.2) is 10.2 Å². The summed E-state index contributed by atoms with van der Waals surface area (Å²) in [6.07, 6.45) is 14.0. The molecule has 1 heterocycles. The van der Waals surface area contributed by atoms with Crippen LogP contribution in [0.4, 0.5) is 0 Å². The van der Waals surface area contributed by atoms with Crippen LogP contribution in [-0.2, 0) is 30.0 Å². The molecule has 1 aliphatic heterocycles. The monoisotopic (exact) mass is 540 g/mol. The Hall–Kier alpha value is -1.28. The molecule has 0 spiro atoms. The van der Waals surface area contributed by atoms with Crippen molar-refractivity contribution in [2.75, 3.05) is 19.7 Å². The van der Waals surface area contributed by atoms with Crippen LogP contribution in [0.5, 0.6) is 0 Å². The number of unbranched alkanes of at least 4 members (excludes halogenated alkanes) is 12. The van der Waals surface area contributed by atoms with E-state index in [1.54, 1.807) is 0 Å². The average molecular weight is 541 g/mol. The Morgan fingerprint density at radius 1 is 0.892 bits per heavy atom. The minimum atomic E-state index is -3.37. The Labute approximate surface area is 223 Å². The molecule has 0 aromatic heterocycles. The molecule has 0 radical (unpaired) electrons. The molecule has 1 fully saturated rings. The largest absolute Gasteiger partial charge is 0.432 e. The third-order valence-electron chi connectivity index (χ3n) is 6.54. The second-order valence-corrected chi connectivity index (χ2v) is 11.8. The zero-order valence-electron chi connectivity index (χ0n) is 22.7. The summed E-state index contributed by atoms with van der Waals surface area (Å²) in [5, 5.41) is 15.5. The highest BCUT2D eigenvalue weighted by atomic mass is 31.2. The molecule has 1 aromatic rings. The van der Waals surface area contributed by atoms with Gasteiger partial charge >= 0.3 is 13.6 Å². The fourth-order valence-corrected chi connectivity index (χ4v) is 5.86. The van der Waals surface area contributed by atoms with Crippen LogP contribution in [0.15, 0.2) is 30.3 Å². The summed E-state index contributed by atoms with van der Waals surface area (Å²) < 4.78 is 29.8. The van der Waals surface area contributed by atoms with Crippen LogP contribution in [0.3, 0.4) is 0 Å². The third-order valence-corrected chi connectivity index (χ3v) is 8.32. The van der Waals surface area contributed by atoms with E-state index >= 15 is 0 Å². The van der Waals surface area contributed by atoms with Crippen molar-refractivity contribution in [1.29, 1.82) is 0 Å². The number of hydrogen-bond donors (Lipinski definition) is 3. The van der Waals surface area contributed by atoms with Gasteiger partial charge in [-0.05, 0) is 12.0 Å². The summed E-state index contributed by atoms with van der Waals surface area (Å²) in [4.78, 5) is 12.6. The predicted octanol–water partition coefficient (Wildman–Crippen LogP) is 6.23. The van der Waals surface area contributed by atoms with E-state index in [1.165, 1.54) is 64.2 Å². The van der Waals surface area contributed by atoms with Gasteiger partial charge in [0.15, 0.2) is 0 Å². The van der Waals surface area contributed by atoms with Crippen molar-refractivity contribution in [3.8, 4) is 0 Å². The SMILES string of the molecule is CCCCCCCCCCCCCCCC(=O)OC(OP1(=O)NCCN1)C(CO)OCc1ccccc1. The number of aliphatic hydroxyl groups is 1. The maximum absolute atomic E-state index is 12.8. The van der Waals surface area contributed by atoms with Gasteiger partial charge in [0.05, 0.1) is 13.2 Å². The van der Waals surface area contributed by atoms with E-state index in [0.29, 0.717) is 13.1 Å². The molecule has 212 valence electrons. The van der Waals surface area contributed by atoms with Crippen molar-refractivity contribution in [3.63, 3.8) is 0 Å². The quantitative estimate of drug-likeness (QED) is 0.0688. The Bertz CT molecular complexity index is 756. The minimum absolute atomic E-state index is 0.202. The van der Waals surface area contributed by atoms with Gasteiger partial charge in [-0.1, -0.05) is 114 Å². The number of esters is 1. The molecule has 3 N–H and O–H groups in total. The lowest BCUT2D eigenvalue weighted by molar-refractivity contribution is -0.193. The number of aliphatic hydroxyl groups excluding tert-OH is 1. The summed E-state index contributed by atoms with van der Waals surface area (Å²) in [5.74, 6) is -0.444. The summed E-state index contributed by atoms with van der Waals surface area (Å²) in [7, 11) is -3.37.